The first-order valence-corrected chi connectivity index (χ1v) is 5.99. The highest BCUT2D eigenvalue weighted by molar-refractivity contribution is 4.87. The van der Waals surface area contributed by atoms with Crippen LogP contribution in [0.2, 0.25) is 0 Å². The molecule has 0 N–H and O–H groups in total. The highest BCUT2D eigenvalue weighted by Gasteiger charge is 2.32. The third kappa shape index (κ3) is 2.98. The van der Waals surface area contributed by atoms with Crippen LogP contribution < -0.4 is 0 Å². The van der Waals surface area contributed by atoms with Crippen LogP contribution in [0.5, 0.6) is 0 Å². The van der Waals surface area contributed by atoms with Gasteiger partial charge in [0.15, 0.2) is 0 Å². The van der Waals surface area contributed by atoms with Crippen LogP contribution in [0.3, 0.4) is 0 Å². The van der Waals surface area contributed by atoms with Gasteiger partial charge in [0.25, 0.3) is 0 Å². The minimum atomic E-state index is 0.966. The molecule has 2 atom stereocenters. The molecule has 2 fully saturated rings. The second-order valence-electron chi connectivity index (χ2n) is 4.59. The minimum absolute atomic E-state index is 0.966. The van der Waals surface area contributed by atoms with Gasteiger partial charge < -0.3 is 4.90 Å². The van der Waals surface area contributed by atoms with E-state index in [2.05, 4.69) is 25.8 Å². The SMILES string of the molecule is CCC.CN1CCC2CCCCC21. The van der Waals surface area contributed by atoms with Gasteiger partial charge in [0.1, 0.15) is 0 Å². The molecular weight excluding hydrogens is 158 g/mol. The van der Waals surface area contributed by atoms with E-state index in [1.165, 1.54) is 45.1 Å². The Labute approximate surface area is 83.5 Å². The van der Waals surface area contributed by atoms with Gasteiger partial charge in [-0.1, -0.05) is 33.1 Å². The molecular formula is C12H25N. The van der Waals surface area contributed by atoms with Crippen LogP contribution in [0, 0.1) is 5.92 Å². The molecule has 1 aliphatic heterocycles. The van der Waals surface area contributed by atoms with E-state index in [9.17, 15) is 0 Å². The zero-order valence-corrected chi connectivity index (χ0v) is 9.55. The summed E-state index contributed by atoms with van der Waals surface area (Å²) in [5.41, 5.74) is 0. The van der Waals surface area contributed by atoms with Crippen molar-refractivity contribution in [2.45, 2.75) is 58.4 Å². The number of likely N-dealkylation sites (tertiary alicyclic amines) is 1. The number of nitrogens with zero attached hydrogens (tertiary/aromatic N) is 1. The quantitative estimate of drug-likeness (QED) is 0.557. The highest BCUT2D eigenvalue weighted by atomic mass is 15.2. The van der Waals surface area contributed by atoms with Crippen LogP contribution in [0.15, 0.2) is 0 Å². The Balaban J connectivity index is 0.000000251. The molecule has 1 saturated carbocycles. The first-order chi connectivity index (χ1) is 6.29. The Bertz CT molecular complexity index is 131. The molecule has 0 aromatic rings. The fraction of sp³-hybridized carbons (Fsp3) is 1.00. The summed E-state index contributed by atoms with van der Waals surface area (Å²) in [5.74, 6) is 1.07. The minimum Gasteiger partial charge on any atom is -0.303 e. The van der Waals surface area contributed by atoms with E-state index in [0.29, 0.717) is 0 Å². The Morgan fingerprint density at radius 2 is 1.69 bits per heavy atom. The molecule has 2 aliphatic rings. The summed E-state index contributed by atoms with van der Waals surface area (Å²) in [6, 6.07) is 0.966. The van der Waals surface area contributed by atoms with Crippen molar-refractivity contribution in [1.29, 1.82) is 0 Å². The smallest absolute Gasteiger partial charge is 0.0121 e. The summed E-state index contributed by atoms with van der Waals surface area (Å²) in [5, 5.41) is 0. The summed E-state index contributed by atoms with van der Waals surface area (Å²) in [6.07, 6.45) is 8.68. The number of hydrogen-bond acceptors (Lipinski definition) is 1. The molecule has 0 aromatic carbocycles. The van der Waals surface area contributed by atoms with Crippen molar-refractivity contribution in [2.24, 2.45) is 5.92 Å². The summed E-state index contributed by atoms with van der Waals surface area (Å²) >= 11 is 0. The van der Waals surface area contributed by atoms with Gasteiger partial charge in [0.05, 0.1) is 0 Å². The van der Waals surface area contributed by atoms with Gasteiger partial charge in [0, 0.05) is 6.04 Å². The molecule has 0 spiro atoms. The summed E-state index contributed by atoms with van der Waals surface area (Å²) < 4.78 is 0. The van der Waals surface area contributed by atoms with E-state index in [4.69, 9.17) is 0 Å². The van der Waals surface area contributed by atoms with Crippen molar-refractivity contribution in [3.05, 3.63) is 0 Å². The fourth-order valence-corrected chi connectivity index (χ4v) is 2.64. The first-order valence-electron chi connectivity index (χ1n) is 5.99. The van der Waals surface area contributed by atoms with Crippen LogP contribution >= 0.6 is 0 Å². The fourth-order valence-electron chi connectivity index (χ4n) is 2.64. The van der Waals surface area contributed by atoms with Gasteiger partial charge in [-0.2, -0.15) is 0 Å². The van der Waals surface area contributed by atoms with Crippen LogP contribution in [-0.2, 0) is 0 Å². The highest BCUT2D eigenvalue weighted by Crippen LogP contribution is 2.34. The van der Waals surface area contributed by atoms with Crippen molar-refractivity contribution >= 4 is 0 Å². The van der Waals surface area contributed by atoms with Gasteiger partial charge in [-0.25, -0.2) is 0 Å². The predicted molar refractivity (Wildman–Crippen MR) is 59.0 cm³/mol. The maximum atomic E-state index is 2.56. The van der Waals surface area contributed by atoms with Gasteiger partial charge in [0.2, 0.25) is 0 Å². The van der Waals surface area contributed by atoms with E-state index in [0.717, 1.165) is 12.0 Å². The molecule has 1 heterocycles. The first kappa shape index (κ1) is 11.0. The average Bonchev–Trinajstić information content (AvgIpc) is 2.50. The molecule has 2 rings (SSSR count). The van der Waals surface area contributed by atoms with E-state index in [1.54, 1.807) is 0 Å². The summed E-state index contributed by atoms with van der Waals surface area (Å²) in [6.45, 7) is 5.61. The van der Waals surface area contributed by atoms with Crippen LogP contribution in [0.25, 0.3) is 0 Å². The number of hydrogen-bond donors (Lipinski definition) is 0. The number of rotatable bonds is 0. The van der Waals surface area contributed by atoms with Gasteiger partial charge in [-0.3, -0.25) is 0 Å². The van der Waals surface area contributed by atoms with Gasteiger partial charge in [-0.05, 0) is 38.8 Å². The molecule has 0 radical (unpaired) electrons. The third-order valence-corrected chi connectivity index (χ3v) is 3.29. The number of fused-ring (bicyclic) bond motifs is 1. The summed E-state index contributed by atoms with van der Waals surface area (Å²) in [7, 11) is 2.29. The molecule has 13 heavy (non-hydrogen) atoms. The van der Waals surface area contributed by atoms with Crippen LogP contribution in [-0.4, -0.2) is 24.5 Å². The lowest BCUT2D eigenvalue weighted by Gasteiger charge is -2.28. The van der Waals surface area contributed by atoms with Crippen molar-refractivity contribution in [3.63, 3.8) is 0 Å². The van der Waals surface area contributed by atoms with Crippen molar-refractivity contribution in [2.75, 3.05) is 13.6 Å². The Hall–Kier alpha value is -0.0400. The Morgan fingerprint density at radius 3 is 2.31 bits per heavy atom. The monoisotopic (exact) mass is 183 g/mol. The maximum absolute atomic E-state index is 2.56. The molecule has 1 nitrogen and oxygen atoms in total. The van der Waals surface area contributed by atoms with Crippen LogP contribution in [0.1, 0.15) is 52.4 Å². The topological polar surface area (TPSA) is 3.24 Å². The molecule has 1 saturated heterocycles. The van der Waals surface area contributed by atoms with E-state index in [-0.39, 0.29) is 0 Å². The molecule has 0 aromatic heterocycles. The summed E-state index contributed by atoms with van der Waals surface area (Å²) in [4.78, 5) is 2.56. The molecule has 78 valence electrons. The zero-order valence-electron chi connectivity index (χ0n) is 9.55. The maximum Gasteiger partial charge on any atom is 0.0121 e. The second kappa shape index (κ2) is 5.64. The Morgan fingerprint density at radius 1 is 1.08 bits per heavy atom. The zero-order chi connectivity index (χ0) is 9.68. The molecule has 1 aliphatic carbocycles. The largest absolute Gasteiger partial charge is 0.303 e. The van der Waals surface area contributed by atoms with Gasteiger partial charge in [-0.15, -0.1) is 0 Å². The Kier molecular flexibility index (Phi) is 4.79. The lowest BCUT2D eigenvalue weighted by Crippen LogP contribution is -2.31. The predicted octanol–water partition coefficient (Wildman–Crippen LogP) is 3.30. The van der Waals surface area contributed by atoms with E-state index in [1.807, 2.05) is 0 Å². The van der Waals surface area contributed by atoms with Crippen molar-refractivity contribution in [1.82, 2.24) is 4.90 Å². The standard InChI is InChI=1S/C9H17N.C3H8/c1-10-7-6-8-4-2-3-5-9(8)10;1-3-2/h8-9H,2-7H2,1H3;3H2,1-2H3. The van der Waals surface area contributed by atoms with Crippen LogP contribution in [0.4, 0.5) is 0 Å². The van der Waals surface area contributed by atoms with Crippen molar-refractivity contribution < 1.29 is 0 Å². The van der Waals surface area contributed by atoms with E-state index < -0.39 is 0 Å². The molecule has 0 amide bonds. The normalized spacial score (nSPS) is 33.5. The lowest BCUT2D eigenvalue weighted by atomic mass is 9.85. The molecule has 0 bridgehead atoms. The van der Waals surface area contributed by atoms with Gasteiger partial charge >= 0.3 is 0 Å². The van der Waals surface area contributed by atoms with Crippen molar-refractivity contribution in [3.8, 4) is 0 Å². The molecule has 1 heteroatoms. The van der Waals surface area contributed by atoms with E-state index >= 15 is 0 Å². The third-order valence-electron chi connectivity index (χ3n) is 3.29. The lowest BCUT2D eigenvalue weighted by molar-refractivity contribution is 0.215. The second-order valence-corrected chi connectivity index (χ2v) is 4.59. The molecule has 2 unspecified atom stereocenters. The average molecular weight is 183 g/mol.